The third-order valence-electron chi connectivity index (χ3n) is 4.22. The Morgan fingerprint density at radius 2 is 1.38 bits per heavy atom. The van der Waals surface area contributed by atoms with Crippen molar-refractivity contribution in [1.29, 1.82) is 0 Å². The van der Waals surface area contributed by atoms with E-state index in [4.69, 9.17) is 17.3 Å². The van der Waals surface area contributed by atoms with Gasteiger partial charge >= 0.3 is 0 Å². The predicted octanol–water partition coefficient (Wildman–Crippen LogP) is 5.36. The first kappa shape index (κ1) is 16.6. The summed E-state index contributed by atoms with van der Waals surface area (Å²) < 4.78 is 0. The van der Waals surface area contributed by atoms with Crippen LogP contribution in [-0.2, 0) is 0 Å². The number of nitrogens with two attached hydrogens (primary N) is 1. The highest BCUT2D eigenvalue weighted by molar-refractivity contribution is 6.33. The number of halogens is 1. The minimum atomic E-state index is -0.0302. The van der Waals surface area contributed by atoms with Gasteiger partial charge in [-0.2, -0.15) is 0 Å². The van der Waals surface area contributed by atoms with Crippen molar-refractivity contribution >= 4 is 17.3 Å². The molecule has 0 radical (unpaired) electrons. The van der Waals surface area contributed by atoms with Crippen LogP contribution in [0.3, 0.4) is 0 Å². The van der Waals surface area contributed by atoms with Gasteiger partial charge in [-0.15, -0.1) is 0 Å². The standard InChI is InChI=1S/C21H21ClN2/c1-15(16-9-4-2-5-10-16)24-21(17-11-6-3-7-12-17)18-13-8-14-19(23)20(18)22/h2-15,21,24H,23H2,1H3/t15-,21?/m0/s1. The normalized spacial score (nSPS) is 13.4. The van der Waals surface area contributed by atoms with Crippen LogP contribution in [0.1, 0.15) is 35.7 Å². The minimum absolute atomic E-state index is 0.0302. The van der Waals surface area contributed by atoms with Gasteiger partial charge in [0.25, 0.3) is 0 Å². The van der Waals surface area contributed by atoms with Crippen molar-refractivity contribution in [2.75, 3.05) is 5.73 Å². The summed E-state index contributed by atoms with van der Waals surface area (Å²) in [6.45, 7) is 2.16. The van der Waals surface area contributed by atoms with Crippen LogP contribution < -0.4 is 11.1 Å². The van der Waals surface area contributed by atoms with E-state index < -0.39 is 0 Å². The molecule has 0 saturated carbocycles. The van der Waals surface area contributed by atoms with Crippen LogP contribution in [0.25, 0.3) is 0 Å². The summed E-state index contributed by atoms with van der Waals surface area (Å²) in [6, 6.07) is 26.6. The number of nitrogen functional groups attached to an aromatic ring is 1. The molecule has 0 aromatic heterocycles. The molecule has 0 aliphatic carbocycles. The molecule has 0 fully saturated rings. The molecule has 0 aliphatic heterocycles. The summed E-state index contributed by atoms with van der Waals surface area (Å²) in [5, 5.41) is 4.30. The van der Waals surface area contributed by atoms with Crippen LogP contribution in [0, 0.1) is 0 Å². The van der Waals surface area contributed by atoms with Gasteiger partial charge in [0, 0.05) is 6.04 Å². The van der Waals surface area contributed by atoms with Crippen molar-refractivity contribution in [3.63, 3.8) is 0 Å². The monoisotopic (exact) mass is 336 g/mol. The van der Waals surface area contributed by atoms with Crippen LogP contribution in [0.5, 0.6) is 0 Å². The van der Waals surface area contributed by atoms with Gasteiger partial charge in [0.15, 0.2) is 0 Å². The lowest BCUT2D eigenvalue weighted by Gasteiger charge is -2.26. The van der Waals surface area contributed by atoms with Crippen molar-refractivity contribution in [1.82, 2.24) is 5.32 Å². The van der Waals surface area contributed by atoms with Crippen LogP contribution >= 0.6 is 11.6 Å². The zero-order valence-corrected chi connectivity index (χ0v) is 14.4. The number of hydrogen-bond donors (Lipinski definition) is 2. The zero-order chi connectivity index (χ0) is 16.9. The van der Waals surface area contributed by atoms with E-state index in [2.05, 4.69) is 48.6 Å². The van der Waals surface area contributed by atoms with E-state index in [1.165, 1.54) is 5.56 Å². The van der Waals surface area contributed by atoms with E-state index in [9.17, 15) is 0 Å². The lowest BCUT2D eigenvalue weighted by atomic mass is 9.96. The molecule has 3 heteroatoms. The molecule has 2 atom stereocenters. The lowest BCUT2D eigenvalue weighted by Crippen LogP contribution is -2.26. The Kier molecular flexibility index (Phi) is 5.19. The highest BCUT2D eigenvalue weighted by Gasteiger charge is 2.20. The van der Waals surface area contributed by atoms with Gasteiger partial charge in [-0.1, -0.05) is 84.4 Å². The van der Waals surface area contributed by atoms with Gasteiger partial charge in [0.2, 0.25) is 0 Å². The molecular formula is C21H21ClN2. The van der Waals surface area contributed by atoms with E-state index in [1.54, 1.807) is 0 Å². The fourth-order valence-electron chi connectivity index (χ4n) is 2.89. The average molecular weight is 337 g/mol. The third-order valence-corrected chi connectivity index (χ3v) is 4.66. The Bertz CT molecular complexity index is 787. The maximum Gasteiger partial charge on any atom is 0.0686 e. The number of rotatable bonds is 5. The Hall–Kier alpha value is -2.29. The predicted molar refractivity (Wildman–Crippen MR) is 102 cm³/mol. The maximum absolute atomic E-state index is 6.50. The SMILES string of the molecule is C[C@H](NC(c1ccccc1)c1cccc(N)c1Cl)c1ccccc1. The van der Waals surface area contributed by atoms with E-state index >= 15 is 0 Å². The second-order valence-electron chi connectivity index (χ2n) is 5.89. The second-order valence-corrected chi connectivity index (χ2v) is 6.27. The van der Waals surface area contributed by atoms with Crippen LogP contribution in [0.4, 0.5) is 5.69 Å². The van der Waals surface area contributed by atoms with E-state index in [-0.39, 0.29) is 12.1 Å². The van der Waals surface area contributed by atoms with Crippen molar-refractivity contribution in [2.24, 2.45) is 0 Å². The number of nitrogens with one attached hydrogen (secondary N) is 1. The summed E-state index contributed by atoms with van der Waals surface area (Å²) in [4.78, 5) is 0. The number of hydrogen-bond acceptors (Lipinski definition) is 2. The largest absolute Gasteiger partial charge is 0.398 e. The number of anilines is 1. The van der Waals surface area contributed by atoms with Crippen LogP contribution in [0.15, 0.2) is 78.9 Å². The van der Waals surface area contributed by atoms with E-state index in [0.29, 0.717) is 10.7 Å². The Balaban J connectivity index is 1.98. The molecular weight excluding hydrogens is 316 g/mol. The van der Waals surface area contributed by atoms with Gasteiger partial charge in [-0.25, -0.2) is 0 Å². The molecule has 3 rings (SSSR count). The average Bonchev–Trinajstić information content (AvgIpc) is 2.63. The molecule has 122 valence electrons. The molecule has 0 amide bonds. The Morgan fingerprint density at radius 1 is 0.792 bits per heavy atom. The van der Waals surface area contributed by atoms with Gasteiger partial charge in [0.1, 0.15) is 0 Å². The highest BCUT2D eigenvalue weighted by Crippen LogP contribution is 2.33. The quantitative estimate of drug-likeness (QED) is 0.615. The van der Waals surface area contributed by atoms with Crippen LogP contribution in [-0.4, -0.2) is 0 Å². The molecule has 1 unspecified atom stereocenters. The summed E-state index contributed by atoms with van der Waals surface area (Å²) in [5.41, 5.74) is 10.0. The summed E-state index contributed by atoms with van der Waals surface area (Å²) >= 11 is 6.50. The smallest absolute Gasteiger partial charge is 0.0686 e. The van der Waals surface area contributed by atoms with Crippen molar-refractivity contribution in [3.8, 4) is 0 Å². The topological polar surface area (TPSA) is 38.0 Å². The maximum atomic E-state index is 6.50. The van der Waals surface area contributed by atoms with Crippen LogP contribution in [0.2, 0.25) is 5.02 Å². The van der Waals surface area contributed by atoms with E-state index in [0.717, 1.165) is 11.1 Å². The second kappa shape index (κ2) is 7.52. The molecule has 3 aromatic rings. The highest BCUT2D eigenvalue weighted by atomic mass is 35.5. The molecule has 0 saturated heterocycles. The van der Waals surface area contributed by atoms with Gasteiger partial charge in [-0.3, -0.25) is 5.32 Å². The fraction of sp³-hybridized carbons (Fsp3) is 0.143. The molecule has 0 spiro atoms. The lowest BCUT2D eigenvalue weighted by molar-refractivity contribution is 0.516. The number of benzene rings is 3. The first-order chi connectivity index (χ1) is 11.7. The van der Waals surface area contributed by atoms with Crippen molar-refractivity contribution < 1.29 is 0 Å². The molecule has 0 aliphatic rings. The first-order valence-electron chi connectivity index (χ1n) is 8.06. The summed E-state index contributed by atoms with van der Waals surface area (Å²) in [7, 11) is 0. The molecule has 0 heterocycles. The molecule has 0 bridgehead atoms. The van der Waals surface area contributed by atoms with E-state index in [1.807, 2.05) is 42.5 Å². The first-order valence-corrected chi connectivity index (χ1v) is 8.44. The summed E-state index contributed by atoms with van der Waals surface area (Å²) in [5.74, 6) is 0. The Labute approximate surface area is 148 Å². The van der Waals surface area contributed by atoms with Gasteiger partial charge < -0.3 is 5.73 Å². The van der Waals surface area contributed by atoms with Gasteiger partial charge in [-0.05, 0) is 29.7 Å². The summed E-state index contributed by atoms with van der Waals surface area (Å²) in [6.07, 6.45) is 0. The van der Waals surface area contributed by atoms with Gasteiger partial charge in [0.05, 0.1) is 16.8 Å². The van der Waals surface area contributed by atoms with Crippen molar-refractivity contribution in [3.05, 3.63) is 101 Å². The van der Waals surface area contributed by atoms with Crippen molar-refractivity contribution in [2.45, 2.75) is 19.0 Å². The zero-order valence-electron chi connectivity index (χ0n) is 13.6. The fourth-order valence-corrected chi connectivity index (χ4v) is 3.13. The molecule has 3 N–H and O–H groups in total. The minimum Gasteiger partial charge on any atom is -0.398 e. The third kappa shape index (κ3) is 3.61. The molecule has 2 nitrogen and oxygen atoms in total. The Morgan fingerprint density at radius 3 is 2.00 bits per heavy atom. The molecule has 24 heavy (non-hydrogen) atoms. The molecule has 3 aromatic carbocycles.